The van der Waals surface area contributed by atoms with Crippen molar-refractivity contribution in [3.05, 3.63) is 59.1 Å². The maximum atomic E-state index is 13.0. The van der Waals surface area contributed by atoms with Crippen molar-refractivity contribution >= 4 is 40.3 Å². The predicted octanol–water partition coefficient (Wildman–Crippen LogP) is 4.43. The van der Waals surface area contributed by atoms with E-state index in [0.29, 0.717) is 16.4 Å². The van der Waals surface area contributed by atoms with Crippen molar-refractivity contribution in [1.29, 1.82) is 0 Å². The lowest BCUT2D eigenvalue weighted by Gasteiger charge is -2.11. The van der Waals surface area contributed by atoms with E-state index in [0.717, 1.165) is 12.1 Å². The number of benzene rings is 2. The molecule has 0 aliphatic rings. The van der Waals surface area contributed by atoms with Crippen LogP contribution in [0.25, 0.3) is 0 Å². The van der Waals surface area contributed by atoms with Crippen LogP contribution in [0, 0.1) is 11.6 Å². The van der Waals surface area contributed by atoms with Crippen molar-refractivity contribution in [2.24, 2.45) is 0 Å². The molecule has 0 unspecified atom stereocenters. The van der Waals surface area contributed by atoms with Crippen molar-refractivity contribution < 1.29 is 8.78 Å². The van der Waals surface area contributed by atoms with Crippen molar-refractivity contribution in [2.45, 2.75) is 0 Å². The molecule has 0 aromatic heterocycles. The van der Waals surface area contributed by atoms with E-state index in [9.17, 15) is 8.78 Å². The van der Waals surface area contributed by atoms with Crippen molar-refractivity contribution in [2.75, 3.05) is 10.6 Å². The maximum absolute atomic E-state index is 13.0. The SMILES string of the molecule is Fc1ccc(NC(=S)Nc2ccccc2Cl)cc1F. The third-order valence-electron chi connectivity index (χ3n) is 2.30. The van der Waals surface area contributed by atoms with Gasteiger partial charge in [-0.05, 0) is 36.5 Å². The van der Waals surface area contributed by atoms with Crippen LogP contribution in [-0.2, 0) is 0 Å². The molecule has 2 nitrogen and oxygen atoms in total. The highest BCUT2D eigenvalue weighted by atomic mass is 35.5. The zero-order valence-corrected chi connectivity index (χ0v) is 11.2. The van der Waals surface area contributed by atoms with Crippen molar-refractivity contribution in [1.82, 2.24) is 0 Å². The largest absolute Gasteiger partial charge is 0.332 e. The first-order chi connectivity index (χ1) is 9.06. The van der Waals surface area contributed by atoms with Gasteiger partial charge in [0, 0.05) is 11.8 Å². The average molecular weight is 299 g/mol. The molecule has 0 saturated heterocycles. The second-order valence-corrected chi connectivity index (χ2v) is 4.50. The van der Waals surface area contributed by atoms with Gasteiger partial charge in [-0.15, -0.1) is 0 Å². The lowest BCUT2D eigenvalue weighted by molar-refractivity contribution is 0.509. The first-order valence-corrected chi connectivity index (χ1v) is 6.12. The molecular formula is C13H9ClF2N2S. The maximum Gasteiger partial charge on any atom is 0.175 e. The highest BCUT2D eigenvalue weighted by Gasteiger charge is 2.05. The fraction of sp³-hybridized carbons (Fsp3) is 0. The molecule has 0 aliphatic heterocycles. The first-order valence-electron chi connectivity index (χ1n) is 5.34. The number of para-hydroxylation sites is 1. The summed E-state index contributed by atoms with van der Waals surface area (Å²) in [6.07, 6.45) is 0. The lowest BCUT2D eigenvalue weighted by Crippen LogP contribution is -2.19. The summed E-state index contributed by atoms with van der Waals surface area (Å²) >= 11 is 11.0. The predicted molar refractivity (Wildman–Crippen MR) is 77.7 cm³/mol. The van der Waals surface area contributed by atoms with Crippen LogP contribution in [0.1, 0.15) is 0 Å². The zero-order chi connectivity index (χ0) is 13.8. The fourth-order valence-corrected chi connectivity index (χ4v) is 1.83. The molecule has 19 heavy (non-hydrogen) atoms. The van der Waals surface area contributed by atoms with Gasteiger partial charge in [0.2, 0.25) is 0 Å². The van der Waals surface area contributed by atoms with E-state index in [2.05, 4.69) is 10.6 Å². The number of anilines is 2. The van der Waals surface area contributed by atoms with E-state index < -0.39 is 11.6 Å². The van der Waals surface area contributed by atoms with E-state index in [4.69, 9.17) is 23.8 Å². The smallest absolute Gasteiger partial charge is 0.175 e. The van der Waals surface area contributed by atoms with Crippen LogP contribution >= 0.6 is 23.8 Å². The Balaban J connectivity index is 2.05. The van der Waals surface area contributed by atoms with Gasteiger partial charge in [-0.2, -0.15) is 0 Å². The second-order valence-electron chi connectivity index (χ2n) is 3.69. The Kier molecular flexibility index (Phi) is 4.29. The van der Waals surface area contributed by atoms with Gasteiger partial charge in [-0.1, -0.05) is 23.7 Å². The summed E-state index contributed by atoms with van der Waals surface area (Å²) in [5, 5.41) is 6.35. The molecule has 0 aliphatic carbocycles. The molecule has 0 fully saturated rings. The van der Waals surface area contributed by atoms with E-state index in [-0.39, 0.29) is 5.11 Å². The van der Waals surface area contributed by atoms with Gasteiger partial charge in [-0.25, -0.2) is 8.78 Å². The molecule has 2 N–H and O–H groups in total. The Bertz CT molecular complexity index is 619. The molecule has 0 spiro atoms. The molecule has 0 amide bonds. The molecule has 0 saturated carbocycles. The zero-order valence-electron chi connectivity index (χ0n) is 9.58. The molecule has 0 radical (unpaired) electrons. The van der Waals surface area contributed by atoms with Gasteiger partial charge >= 0.3 is 0 Å². The number of hydrogen-bond acceptors (Lipinski definition) is 1. The molecule has 98 valence electrons. The van der Waals surface area contributed by atoms with Gasteiger partial charge in [0.25, 0.3) is 0 Å². The summed E-state index contributed by atoms with van der Waals surface area (Å²) < 4.78 is 25.8. The fourth-order valence-electron chi connectivity index (χ4n) is 1.42. The van der Waals surface area contributed by atoms with Gasteiger partial charge < -0.3 is 10.6 Å². The van der Waals surface area contributed by atoms with Crippen LogP contribution in [0.2, 0.25) is 5.02 Å². The van der Waals surface area contributed by atoms with Gasteiger partial charge in [0.05, 0.1) is 10.7 Å². The Morgan fingerprint density at radius 3 is 2.42 bits per heavy atom. The number of nitrogens with one attached hydrogen (secondary N) is 2. The normalized spacial score (nSPS) is 10.1. The van der Waals surface area contributed by atoms with Gasteiger partial charge in [-0.3, -0.25) is 0 Å². The minimum atomic E-state index is -0.939. The third kappa shape index (κ3) is 3.62. The van der Waals surface area contributed by atoms with Crippen LogP contribution in [0.4, 0.5) is 20.2 Å². The minimum absolute atomic E-state index is 0.235. The number of hydrogen-bond donors (Lipinski definition) is 2. The first kappa shape index (κ1) is 13.7. The van der Waals surface area contributed by atoms with Gasteiger partial charge in [0.15, 0.2) is 16.7 Å². The Hall–Kier alpha value is -1.72. The third-order valence-corrected chi connectivity index (χ3v) is 2.83. The summed E-state index contributed by atoms with van der Waals surface area (Å²) in [5.41, 5.74) is 0.979. The van der Waals surface area contributed by atoms with E-state index in [1.165, 1.54) is 6.07 Å². The lowest BCUT2D eigenvalue weighted by atomic mass is 10.3. The van der Waals surface area contributed by atoms with Crippen LogP contribution in [0.3, 0.4) is 0 Å². The molecule has 2 rings (SSSR count). The molecule has 2 aromatic carbocycles. The quantitative estimate of drug-likeness (QED) is 0.802. The standard InChI is InChI=1S/C13H9ClF2N2S/c14-9-3-1-2-4-12(9)18-13(19)17-8-5-6-10(15)11(16)7-8/h1-7H,(H2,17,18,19). The monoisotopic (exact) mass is 298 g/mol. The molecule has 0 atom stereocenters. The van der Waals surface area contributed by atoms with Crippen LogP contribution in [0.15, 0.2) is 42.5 Å². The highest BCUT2D eigenvalue weighted by molar-refractivity contribution is 7.80. The molecular weight excluding hydrogens is 290 g/mol. The topological polar surface area (TPSA) is 24.1 Å². The van der Waals surface area contributed by atoms with E-state index in [1.807, 2.05) is 0 Å². The number of rotatable bonds is 2. The molecule has 0 bridgehead atoms. The van der Waals surface area contributed by atoms with Crippen LogP contribution < -0.4 is 10.6 Å². The average Bonchev–Trinajstić information content (AvgIpc) is 2.37. The summed E-state index contributed by atoms with van der Waals surface area (Å²) in [6, 6.07) is 10.5. The van der Waals surface area contributed by atoms with Gasteiger partial charge in [0.1, 0.15) is 0 Å². The molecule has 2 aromatic rings. The minimum Gasteiger partial charge on any atom is -0.332 e. The Morgan fingerprint density at radius 2 is 1.74 bits per heavy atom. The number of halogens is 3. The molecule has 0 heterocycles. The van der Waals surface area contributed by atoms with Crippen molar-refractivity contribution in [3.63, 3.8) is 0 Å². The second kappa shape index (κ2) is 5.95. The Labute approximate surface area is 119 Å². The summed E-state index contributed by atoms with van der Waals surface area (Å²) in [6.45, 7) is 0. The van der Waals surface area contributed by atoms with Crippen LogP contribution in [0.5, 0.6) is 0 Å². The number of thiocarbonyl (C=S) groups is 1. The summed E-state index contributed by atoms with van der Waals surface area (Å²) in [7, 11) is 0. The molecule has 6 heteroatoms. The van der Waals surface area contributed by atoms with Crippen LogP contribution in [-0.4, -0.2) is 5.11 Å². The highest BCUT2D eigenvalue weighted by Crippen LogP contribution is 2.21. The Morgan fingerprint density at radius 1 is 1.00 bits per heavy atom. The van der Waals surface area contributed by atoms with E-state index in [1.54, 1.807) is 24.3 Å². The summed E-state index contributed by atoms with van der Waals surface area (Å²) in [5.74, 6) is -1.85. The van der Waals surface area contributed by atoms with E-state index >= 15 is 0 Å². The summed E-state index contributed by atoms with van der Waals surface area (Å²) in [4.78, 5) is 0. The van der Waals surface area contributed by atoms with Crippen molar-refractivity contribution in [3.8, 4) is 0 Å².